The summed E-state index contributed by atoms with van der Waals surface area (Å²) in [6, 6.07) is 10.4. The van der Waals surface area contributed by atoms with Crippen molar-refractivity contribution in [1.29, 1.82) is 0 Å². The summed E-state index contributed by atoms with van der Waals surface area (Å²) in [5.41, 5.74) is 1.56. The Morgan fingerprint density at radius 1 is 0.757 bits per heavy atom. The molecule has 0 spiro atoms. The molecule has 37 heavy (non-hydrogen) atoms. The molecule has 0 saturated carbocycles. The van der Waals surface area contributed by atoms with E-state index >= 15 is 0 Å². The SMILES string of the molecule is CCOc1ccc([C@H]2[C@H](N3C(=O)c4c(Cl)c(Cl)c(Cl)c(Cl)c4C3=O)C(=O)N2c2cccc(Cl)c2C)cc1. The first-order valence-electron chi connectivity index (χ1n) is 11.1. The highest BCUT2D eigenvalue weighted by molar-refractivity contribution is 6.55. The number of hydrogen-bond acceptors (Lipinski definition) is 4. The van der Waals surface area contributed by atoms with Gasteiger partial charge in [-0.2, -0.15) is 0 Å². The molecule has 0 bridgehead atoms. The fourth-order valence-electron chi connectivity index (χ4n) is 4.73. The van der Waals surface area contributed by atoms with Crippen LogP contribution in [0.1, 0.15) is 44.8 Å². The molecule has 0 N–H and O–H groups in total. The molecule has 3 aromatic rings. The summed E-state index contributed by atoms with van der Waals surface area (Å²) in [6.45, 7) is 4.15. The van der Waals surface area contributed by atoms with Crippen LogP contribution < -0.4 is 9.64 Å². The summed E-state index contributed by atoms with van der Waals surface area (Å²) < 4.78 is 5.54. The molecule has 0 aliphatic carbocycles. The fraction of sp³-hybridized carbons (Fsp3) is 0.192. The Balaban J connectivity index is 1.63. The molecule has 1 fully saturated rings. The molecule has 3 aromatic carbocycles. The predicted molar refractivity (Wildman–Crippen MR) is 145 cm³/mol. The molecule has 1 saturated heterocycles. The van der Waals surface area contributed by atoms with Crippen LogP contribution in [0.25, 0.3) is 0 Å². The van der Waals surface area contributed by atoms with Crippen molar-refractivity contribution in [2.45, 2.75) is 25.9 Å². The molecule has 190 valence electrons. The number of anilines is 1. The normalized spacial score (nSPS) is 18.8. The molecule has 0 unspecified atom stereocenters. The van der Waals surface area contributed by atoms with E-state index in [2.05, 4.69) is 0 Å². The number of carbonyl (C=O) groups is 3. The molecule has 6 nitrogen and oxygen atoms in total. The largest absolute Gasteiger partial charge is 0.494 e. The molecule has 2 aliphatic rings. The van der Waals surface area contributed by atoms with Gasteiger partial charge in [0.25, 0.3) is 17.7 Å². The summed E-state index contributed by atoms with van der Waals surface area (Å²) in [5, 5.41) is -0.205. The monoisotopic (exact) mass is 596 g/mol. The van der Waals surface area contributed by atoms with Crippen LogP contribution in [-0.2, 0) is 4.79 Å². The summed E-state index contributed by atoms with van der Waals surface area (Å²) in [5.74, 6) is -1.38. The van der Waals surface area contributed by atoms with E-state index < -0.39 is 29.8 Å². The minimum atomic E-state index is -1.17. The van der Waals surface area contributed by atoms with Gasteiger partial charge in [-0.15, -0.1) is 0 Å². The average molecular weight is 599 g/mol. The van der Waals surface area contributed by atoms with Crippen LogP contribution in [0.2, 0.25) is 25.1 Å². The third kappa shape index (κ3) is 3.89. The molecular weight excluding hydrogens is 582 g/mol. The van der Waals surface area contributed by atoms with Gasteiger partial charge in [0.05, 0.1) is 43.9 Å². The van der Waals surface area contributed by atoms with E-state index in [0.717, 1.165) is 4.90 Å². The molecule has 0 aromatic heterocycles. The van der Waals surface area contributed by atoms with Crippen molar-refractivity contribution in [3.63, 3.8) is 0 Å². The minimum Gasteiger partial charge on any atom is -0.494 e. The highest BCUT2D eigenvalue weighted by atomic mass is 35.5. The van der Waals surface area contributed by atoms with Gasteiger partial charge in [0.1, 0.15) is 11.8 Å². The van der Waals surface area contributed by atoms with E-state index in [9.17, 15) is 14.4 Å². The molecule has 11 heteroatoms. The average Bonchev–Trinajstić information content (AvgIpc) is 3.13. The quantitative estimate of drug-likeness (QED) is 0.133. The zero-order valence-electron chi connectivity index (χ0n) is 19.3. The zero-order chi connectivity index (χ0) is 26.8. The Kier molecular flexibility index (Phi) is 6.84. The molecular formula is C26H17Cl5N2O4. The smallest absolute Gasteiger partial charge is 0.264 e. The van der Waals surface area contributed by atoms with Crippen LogP contribution in [-0.4, -0.2) is 35.3 Å². The highest BCUT2D eigenvalue weighted by Gasteiger charge is 2.58. The number of fused-ring (bicyclic) bond motifs is 1. The number of carbonyl (C=O) groups excluding carboxylic acids is 3. The Hall–Kier alpha value is -2.48. The van der Waals surface area contributed by atoms with E-state index in [1.54, 1.807) is 49.4 Å². The van der Waals surface area contributed by atoms with Crippen LogP contribution >= 0.6 is 58.0 Å². The van der Waals surface area contributed by atoms with E-state index in [0.29, 0.717) is 34.2 Å². The lowest BCUT2D eigenvalue weighted by Crippen LogP contribution is -2.67. The molecule has 2 atom stereocenters. The molecule has 0 radical (unpaired) electrons. The summed E-state index contributed by atoms with van der Waals surface area (Å²) in [6.07, 6.45) is 0. The maximum absolute atomic E-state index is 13.7. The number of benzene rings is 3. The van der Waals surface area contributed by atoms with E-state index in [-0.39, 0.29) is 31.2 Å². The number of imide groups is 1. The zero-order valence-corrected chi connectivity index (χ0v) is 23.1. The fourth-order valence-corrected chi connectivity index (χ4v) is 5.91. The van der Waals surface area contributed by atoms with Crippen molar-refractivity contribution in [3.05, 3.63) is 89.8 Å². The van der Waals surface area contributed by atoms with Crippen molar-refractivity contribution < 1.29 is 19.1 Å². The van der Waals surface area contributed by atoms with Crippen LogP contribution in [0.4, 0.5) is 5.69 Å². The second-order valence-electron chi connectivity index (χ2n) is 8.47. The highest BCUT2D eigenvalue weighted by Crippen LogP contribution is 2.50. The first kappa shape index (κ1) is 26.1. The third-order valence-corrected chi connectivity index (χ3v) is 8.72. The Labute approximate surface area is 237 Å². The lowest BCUT2D eigenvalue weighted by atomic mass is 9.85. The van der Waals surface area contributed by atoms with Crippen LogP contribution in [0.3, 0.4) is 0 Å². The number of ether oxygens (including phenoxy) is 1. The molecule has 2 heterocycles. The maximum atomic E-state index is 13.7. The number of β-lactam (4-membered cyclic amide) rings is 1. The lowest BCUT2D eigenvalue weighted by Gasteiger charge is -2.50. The van der Waals surface area contributed by atoms with Gasteiger partial charge in [0.2, 0.25) is 0 Å². The van der Waals surface area contributed by atoms with E-state index in [1.807, 2.05) is 6.92 Å². The Morgan fingerprint density at radius 3 is 1.86 bits per heavy atom. The first-order valence-corrected chi connectivity index (χ1v) is 13.0. The van der Waals surface area contributed by atoms with Gasteiger partial charge in [-0.3, -0.25) is 19.3 Å². The van der Waals surface area contributed by atoms with E-state index in [4.69, 9.17) is 62.7 Å². The molecule has 2 aliphatic heterocycles. The Bertz CT molecular complexity index is 1440. The summed E-state index contributed by atoms with van der Waals surface area (Å²) in [4.78, 5) is 43.2. The van der Waals surface area contributed by atoms with Gasteiger partial charge in [0, 0.05) is 10.7 Å². The van der Waals surface area contributed by atoms with Crippen molar-refractivity contribution in [3.8, 4) is 5.75 Å². The van der Waals surface area contributed by atoms with Crippen molar-refractivity contribution >= 4 is 81.4 Å². The second kappa shape index (κ2) is 9.68. The minimum absolute atomic E-state index is 0.144. The standard InChI is InChI=1S/C26H17Cl5N2O4/c1-3-37-13-9-7-12(8-10-13)22-23(26(36)32(22)15-6-4-5-14(27)11(15)2)33-24(34)16-17(25(33)35)19(29)21(31)20(30)18(16)28/h4-10,22-23H,3H2,1-2H3/t22-,23-/m0/s1. The van der Waals surface area contributed by atoms with Crippen molar-refractivity contribution in [2.24, 2.45) is 0 Å². The Morgan fingerprint density at radius 2 is 1.32 bits per heavy atom. The number of nitrogens with zero attached hydrogens (tertiary/aromatic N) is 2. The molecule has 3 amide bonds. The van der Waals surface area contributed by atoms with Gasteiger partial charge in [0.15, 0.2) is 0 Å². The van der Waals surface area contributed by atoms with Crippen LogP contribution in [0.5, 0.6) is 5.75 Å². The number of hydrogen-bond donors (Lipinski definition) is 0. The summed E-state index contributed by atoms with van der Waals surface area (Å²) in [7, 11) is 0. The van der Waals surface area contributed by atoms with Gasteiger partial charge in [-0.1, -0.05) is 76.2 Å². The lowest BCUT2D eigenvalue weighted by molar-refractivity contribution is -0.130. The maximum Gasteiger partial charge on any atom is 0.264 e. The van der Waals surface area contributed by atoms with Gasteiger partial charge < -0.3 is 9.64 Å². The summed E-state index contributed by atoms with van der Waals surface area (Å²) >= 11 is 31.3. The van der Waals surface area contributed by atoms with Crippen molar-refractivity contribution in [2.75, 3.05) is 11.5 Å². The van der Waals surface area contributed by atoms with Gasteiger partial charge in [-0.05, 0) is 49.2 Å². The first-order chi connectivity index (χ1) is 17.6. The van der Waals surface area contributed by atoms with Gasteiger partial charge in [-0.25, -0.2) is 0 Å². The number of halogens is 5. The number of rotatable bonds is 5. The van der Waals surface area contributed by atoms with Crippen LogP contribution in [0, 0.1) is 6.92 Å². The second-order valence-corrected chi connectivity index (χ2v) is 10.4. The van der Waals surface area contributed by atoms with Crippen molar-refractivity contribution in [1.82, 2.24) is 4.90 Å². The van der Waals surface area contributed by atoms with Crippen LogP contribution in [0.15, 0.2) is 42.5 Å². The topological polar surface area (TPSA) is 66.9 Å². The van der Waals surface area contributed by atoms with E-state index in [1.165, 1.54) is 4.90 Å². The van der Waals surface area contributed by atoms with Gasteiger partial charge >= 0.3 is 0 Å². The third-order valence-electron chi connectivity index (χ3n) is 6.51. The predicted octanol–water partition coefficient (Wildman–Crippen LogP) is 7.41. The molecule has 5 rings (SSSR count). The number of amides is 3.